The number of ether oxygens (including phenoxy) is 1. The molecule has 0 saturated heterocycles. The Bertz CT molecular complexity index is 1270. The van der Waals surface area contributed by atoms with Crippen molar-refractivity contribution in [3.05, 3.63) is 91.5 Å². The van der Waals surface area contributed by atoms with Crippen LogP contribution in [-0.4, -0.2) is 33.5 Å². The zero-order valence-corrected chi connectivity index (χ0v) is 20.3. The molecular formula is C26H24N4O2S2. The number of anilines is 1. The quantitative estimate of drug-likeness (QED) is 0.217. The Morgan fingerprint density at radius 2 is 1.76 bits per heavy atom. The maximum absolute atomic E-state index is 12.8. The number of carbonyl (C=O) groups excluding carboxylic acids is 1. The Morgan fingerprint density at radius 1 is 1.03 bits per heavy atom. The molecule has 34 heavy (non-hydrogen) atoms. The molecule has 0 spiro atoms. The van der Waals surface area contributed by atoms with Crippen LogP contribution in [0.2, 0.25) is 0 Å². The van der Waals surface area contributed by atoms with E-state index in [0.29, 0.717) is 23.3 Å². The molecule has 0 fully saturated rings. The number of hydrogen-bond donors (Lipinski definition) is 1. The van der Waals surface area contributed by atoms with Crippen LogP contribution < -0.4 is 10.1 Å². The number of benzene rings is 3. The summed E-state index contributed by atoms with van der Waals surface area (Å²) in [6.07, 6.45) is 1.78. The summed E-state index contributed by atoms with van der Waals surface area (Å²) in [4.78, 5) is 14.9. The number of para-hydroxylation sites is 2. The molecule has 0 atom stereocenters. The van der Waals surface area contributed by atoms with Gasteiger partial charge in [0.15, 0.2) is 11.0 Å². The predicted molar refractivity (Wildman–Crippen MR) is 139 cm³/mol. The lowest BCUT2D eigenvalue weighted by atomic mass is 10.2. The highest BCUT2D eigenvalue weighted by molar-refractivity contribution is 8.00. The van der Waals surface area contributed by atoms with Crippen LogP contribution in [-0.2, 0) is 11.3 Å². The molecule has 1 N–H and O–H groups in total. The van der Waals surface area contributed by atoms with Gasteiger partial charge in [0, 0.05) is 16.3 Å². The topological polar surface area (TPSA) is 69.0 Å². The number of methoxy groups -OCH3 is 1. The van der Waals surface area contributed by atoms with E-state index in [1.54, 1.807) is 24.9 Å². The van der Waals surface area contributed by atoms with Gasteiger partial charge < -0.3 is 10.1 Å². The largest absolute Gasteiger partial charge is 0.496 e. The average molecular weight is 489 g/mol. The number of hydrogen-bond acceptors (Lipinski definition) is 6. The maximum Gasteiger partial charge on any atom is 0.234 e. The van der Waals surface area contributed by atoms with Crippen molar-refractivity contribution in [3.8, 4) is 17.1 Å². The summed E-state index contributed by atoms with van der Waals surface area (Å²) in [6, 6.07) is 25.5. The molecule has 8 heteroatoms. The van der Waals surface area contributed by atoms with Gasteiger partial charge in [0.1, 0.15) is 5.75 Å². The van der Waals surface area contributed by atoms with Crippen LogP contribution in [0.15, 0.2) is 106 Å². The second-order valence-corrected chi connectivity index (χ2v) is 9.21. The van der Waals surface area contributed by atoms with Gasteiger partial charge in [-0.3, -0.25) is 9.36 Å². The highest BCUT2D eigenvalue weighted by Crippen LogP contribution is 2.34. The summed E-state index contributed by atoms with van der Waals surface area (Å²) in [5.41, 5.74) is 1.62. The summed E-state index contributed by atoms with van der Waals surface area (Å²) in [5.74, 6) is 1.47. The van der Waals surface area contributed by atoms with E-state index in [4.69, 9.17) is 4.74 Å². The van der Waals surface area contributed by atoms with Crippen molar-refractivity contribution in [3.63, 3.8) is 0 Å². The van der Waals surface area contributed by atoms with Gasteiger partial charge in [-0.25, -0.2) is 0 Å². The molecule has 0 unspecified atom stereocenters. The van der Waals surface area contributed by atoms with E-state index in [-0.39, 0.29) is 11.7 Å². The van der Waals surface area contributed by atoms with E-state index in [0.717, 1.165) is 21.0 Å². The molecule has 4 rings (SSSR count). The Hall–Kier alpha value is -3.49. The number of nitrogens with zero attached hydrogens (tertiary/aromatic N) is 3. The van der Waals surface area contributed by atoms with Crippen LogP contribution in [0.3, 0.4) is 0 Å². The van der Waals surface area contributed by atoms with E-state index < -0.39 is 0 Å². The number of allylic oxidation sites excluding steroid dienone is 1. The van der Waals surface area contributed by atoms with E-state index in [1.807, 2.05) is 83.4 Å². The second-order valence-electron chi connectivity index (χ2n) is 7.15. The summed E-state index contributed by atoms with van der Waals surface area (Å²) in [7, 11) is 1.63. The fourth-order valence-electron chi connectivity index (χ4n) is 3.31. The number of thioether (sulfide) groups is 1. The van der Waals surface area contributed by atoms with Crippen molar-refractivity contribution in [1.29, 1.82) is 0 Å². The molecule has 0 radical (unpaired) electrons. The Labute approximate surface area is 207 Å². The number of aromatic nitrogens is 3. The molecule has 6 nitrogen and oxygen atoms in total. The lowest BCUT2D eigenvalue weighted by molar-refractivity contribution is -0.113. The Kier molecular flexibility index (Phi) is 8.06. The van der Waals surface area contributed by atoms with Crippen LogP contribution in [0, 0.1) is 0 Å². The third-order valence-corrected chi connectivity index (χ3v) is 6.89. The average Bonchev–Trinajstić information content (AvgIpc) is 3.27. The van der Waals surface area contributed by atoms with E-state index in [1.165, 1.54) is 11.8 Å². The third-order valence-electron chi connectivity index (χ3n) is 4.84. The molecule has 1 amide bonds. The molecule has 0 aliphatic heterocycles. The van der Waals surface area contributed by atoms with Crippen LogP contribution in [0.25, 0.3) is 11.4 Å². The molecular weight excluding hydrogens is 464 g/mol. The van der Waals surface area contributed by atoms with Gasteiger partial charge >= 0.3 is 0 Å². The monoisotopic (exact) mass is 488 g/mol. The molecule has 0 saturated carbocycles. The van der Waals surface area contributed by atoms with Gasteiger partial charge in [-0.15, -0.1) is 16.8 Å². The smallest absolute Gasteiger partial charge is 0.234 e. The van der Waals surface area contributed by atoms with Crippen LogP contribution in [0.1, 0.15) is 0 Å². The van der Waals surface area contributed by atoms with Crippen molar-refractivity contribution < 1.29 is 9.53 Å². The van der Waals surface area contributed by atoms with Gasteiger partial charge in [-0.1, -0.05) is 72.1 Å². The molecule has 0 aliphatic rings. The SMILES string of the molecule is C=CCn1c(SCC(=O)Nc2ccccc2Sc2ccccc2)nnc1-c1ccccc1OC. The van der Waals surface area contributed by atoms with Crippen LogP contribution in [0.5, 0.6) is 5.75 Å². The van der Waals surface area contributed by atoms with Crippen molar-refractivity contribution in [1.82, 2.24) is 14.8 Å². The van der Waals surface area contributed by atoms with E-state index >= 15 is 0 Å². The van der Waals surface area contributed by atoms with Gasteiger partial charge in [-0.2, -0.15) is 0 Å². The minimum Gasteiger partial charge on any atom is -0.496 e. The first-order valence-electron chi connectivity index (χ1n) is 10.6. The normalized spacial score (nSPS) is 10.6. The molecule has 1 heterocycles. The Morgan fingerprint density at radius 3 is 2.56 bits per heavy atom. The minimum absolute atomic E-state index is 0.113. The van der Waals surface area contributed by atoms with E-state index in [2.05, 4.69) is 22.1 Å². The van der Waals surface area contributed by atoms with Crippen molar-refractivity contribution >= 4 is 35.1 Å². The number of nitrogens with one attached hydrogen (secondary N) is 1. The first-order chi connectivity index (χ1) is 16.7. The van der Waals surface area contributed by atoms with Gasteiger partial charge in [0.2, 0.25) is 5.91 Å². The van der Waals surface area contributed by atoms with Gasteiger partial charge in [-0.05, 0) is 36.4 Å². The molecule has 0 bridgehead atoms. The molecule has 4 aromatic rings. The molecule has 0 aliphatic carbocycles. The highest BCUT2D eigenvalue weighted by Gasteiger charge is 2.18. The fraction of sp³-hybridized carbons (Fsp3) is 0.115. The standard InChI is InChI=1S/C26H24N4O2S2/c1-3-17-30-25(20-13-7-9-15-22(20)32-2)28-29-26(30)33-18-24(31)27-21-14-8-10-16-23(21)34-19-11-5-4-6-12-19/h3-16H,1,17-18H2,2H3,(H,27,31). The predicted octanol–water partition coefficient (Wildman–Crippen LogP) is 6.02. The third kappa shape index (κ3) is 5.70. The summed E-state index contributed by atoms with van der Waals surface area (Å²) in [6.45, 7) is 4.37. The number of amides is 1. The van der Waals surface area contributed by atoms with Gasteiger partial charge in [0.05, 0.1) is 24.1 Å². The lowest BCUT2D eigenvalue weighted by Crippen LogP contribution is -2.15. The zero-order valence-electron chi connectivity index (χ0n) is 18.7. The fourth-order valence-corrected chi connectivity index (χ4v) is 4.98. The minimum atomic E-state index is -0.113. The number of carbonyl (C=O) groups is 1. The lowest BCUT2D eigenvalue weighted by Gasteiger charge is -2.12. The highest BCUT2D eigenvalue weighted by atomic mass is 32.2. The molecule has 172 valence electrons. The number of rotatable bonds is 10. The first kappa shape index (κ1) is 23.7. The maximum atomic E-state index is 12.8. The van der Waals surface area contributed by atoms with Crippen LogP contribution in [0.4, 0.5) is 5.69 Å². The van der Waals surface area contributed by atoms with E-state index in [9.17, 15) is 4.79 Å². The second kappa shape index (κ2) is 11.6. The first-order valence-corrected chi connectivity index (χ1v) is 12.4. The van der Waals surface area contributed by atoms with Crippen molar-refractivity contribution in [2.24, 2.45) is 0 Å². The van der Waals surface area contributed by atoms with Gasteiger partial charge in [0.25, 0.3) is 0 Å². The zero-order chi connectivity index (χ0) is 23.8. The summed E-state index contributed by atoms with van der Waals surface area (Å²) < 4.78 is 7.41. The molecule has 3 aromatic carbocycles. The summed E-state index contributed by atoms with van der Waals surface area (Å²) >= 11 is 2.95. The molecule has 1 aromatic heterocycles. The van der Waals surface area contributed by atoms with Crippen molar-refractivity contribution in [2.75, 3.05) is 18.2 Å². The Balaban J connectivity index is 1.47. The summed E-state index contributed by atoms with van der Waals surface area (Å²) in [5, 5.41) is 12.4. The van der Waals surface area contributed by atoms with Crippen LogP contribution >= 0.6 is 23.5 Å². The van der Waals surface area contributed by atoms with Crippen molar-refractivity contribution in [2.45, 2.75) is 21.5 Å².